The maximum Gasteiger partial charge on any atom is 0.0686 e. The second-order valence-corrected chi connectivity index (χ2v) is 6.38. The van der Waals surface area contributed by atoms with E-state index in [0.717, 1.165) is 13.0 Å². The minimum Gasteiger partial charge on any atom is -0.373 e. The summed E-state index contributed by atoms with van der Waals surface area (Å²) >= 11 is 0. The van der Waals surface area contributed by atoms with Gasteiger partial charge in [0.2, 0.25) is 0 Å². The third-order valence-electron chi connectivity index (χ3n) is 2.95. The molecule has 16 heavy (non-hydrogen) atoms. The van der Waals surface area contributed by atoms with Crippen LogP contribution in [0.1, 0.15) is 61.8 Å². The normalized spacial score (nSPS) is 22.0. The van der Waals surface area contributed by atoms with Crippen LogP contribution in [0.2, 0.25) is 0 Å². The fourth-order valence-electron chi connectivity index (χ4n) is 1.69. The Hall–Kier alpha value is -0.300. The maximum atomic E-state index is 5.91. The third-order valence-corrected chi connectivity index (χ3v) is 2.95. The van der Waals surface area contributed by atoms with Crippen molar-refractivity contribution in [3.05, 3.63) is 11.6 Å². The average Bonchev–Trinajstić information content (AvgIpc) is 2.18. The third kappa shape index (κ3) is 4.69. The number of rotatable bonds is 0. The summed E-state index contributed by atoms with van der Waals surface area (Å²) in [5.74, 6) is 0. The second-order valence-electron chi connectivity index (χ2n) is 6.38. The van der Waals surface area contributed by atoms with Gasteiger partial charge in [-0.05, 0) is 22.8 Å². The molecular weight excluding hydrogens is 196 g/mol. The van der Waals surface area contributed by atoms with Crippen LogP contribution in [0.3, 0.4) is 0 Å². The molecule has 0 bridgehead atoms. The summed E-state index contributed by atoms with van der Waals surface area (Å²) in [6, 6.07) is 0. The fraction of sp³-hybridized carbons (Fsp3) is 0.867. The van der Waals surface area contributed by atoms with Crippen molar-refractivity contribution in [3.8, 4) is 0 Å². The SMILES string of the molecule is CC.CC(C)(C)C1=CCC(C(C)(C)C)OC1. The highest BCUT2D eigenvalue weighted by Crippen LogP contribution is 2.34. The summed E-state index contributed by atoms with van der Waals surface area (Å²) < 4.78 is 5.91. The van der Waals surface area contributed by atoms with Gasteiger partial charge in [0, 0.05) is 0 Å². The minimum atomic E-state index is 0.264. The molecule has 0 N–H and O–H groups in total. The van der Waals surface area contributed by atoms with Gasteiger partial charge in [-0.1, -0.05) is 61.5 Å². The van der Waals surface area contributed by atoms with Gasteiger partial charge < -0.3 is 4.74 Å². The summed E-state index contributed by atoms with van der Waals surface area (Å²) in [5, 5.41) is 0. The van der Waals surface area contributed by atoms with Crippen LogP contribution >= 0.6 is 0 Å². The molecule has 96 valence electrons. The van der Waals surface area contributed by atoms with Gasteiger partial charge in [-0.3, -0.25) is 0 Å². The zero-order valence-corrected chi connectivity index (χ0v) is 12.5. The zero-order chi connectivity index (χ0) is 13.0. The lowest BCUT2D eigenvalue weighted by atomic mass is 9.81. The van der Waals surface area contributed by atoms with Crippen molar-refractivity contribution in [3.63, 3.8) is 0 Å². The van der Waals surface area contributed by atoms with Gasteiger partial charge in [-0.25, -0.2) is 0 Å². The van der Waals surface area contributed by atoms with E-state index >= 15 is 0 Å². The van der Waals surface area contributed by atoms with Gasteiger partial charge in [0.15, 0.2) is 0 Å². The van der Waals surface area contributed by atoms with Crippen molar-refractivity contribution >= 4 is 0 Å². The zero-order valence-electron chi connectivity index (χ0n) is 12.5. The van der Waals surface area contributed by atoms with Crippen molar-refractivity contribution in [1.82, 2.24) is 0 Å². The largest absolute Gasteiger partial charge is 0.373 e. The molecule has 1 aliphatic heterocycles. The number of hydrogen-bond donors (Lipinski definition) is 0. The molecule has 0 aromatic rings. The summed E-state index contributed by atoms with van der Waals surface area (Å²) in [6.07, 6.45) is 3.82. The molecule has 0 spiro atoms. The predicted molar refractivity (Wildman–Crippen MR) is 72.7 cm³/mol. The van der Waals surface area contributed by atoms with E-state index in [1.165, 1.54) is 5.57 Å². The number of hydrogen-bond acceptors (Lipinski definition) is 1. The molecule has 0 aromatic heterocycles. The summed E-state index contributed by atoms with van der Waals surface area (Å²) in [4.78, 5) is 0. The van der Waals surface area contributed by atoms with Crippen molar-refractivity contribution < 1.29 is 4.74 Å². The van der Waals surface area contributed by atoms with Gasteiger partial charge in [0.25, 0.3) is 0 Å². The molecule has 0 saturated heterocycles. The van der Waals surface area contributed by atoms with Gasteiger partial charge >= 0.3 is 0 Å². The van der Waals surface area contributed by atoms with Crippen LogP contribution < -0.4 is 0 Å². The quantitative estimate of drug-likeness (QED) is 0.538. The highest BCUT2D eigenvalue weighted by atomic mass is 16.5. The Labute approximate surface area is 102 Å². The van der Waals surface area contributed by atoms with E-state index in [1.807, 2.05) is 13.8 Å². The lowest BCUT2D eigenvalue weighted by molar-refractivity contribution is -0.0172. The van der Waals surface area contributed by atoms with Crippen LogP contribution in [0.25, 0.3) is 0 Å². The molecule has 1 unspecified atom stereocenters. The second kappa shape index (κ2) is 5.86. The lowest BCUT2D eigenvalue weighted by Gasteiger charge is -2.36. The molecule has 1 heteroatoms. The highest BCUT2D eigenvalue weighted by Gasteiger charge is 2.29. The van der Waals surface area contributed by atoms with Crippen LogP contribution in [-0.2, 0) is 4.74 Å². The predicted octanol–water partition coefficient (Wildman–Crippen LogP) is 4.82. The smallest absolute Gasteiger partial charge is 0.0686 e. The van der Waals surface area contributed by atoms with Gasteiger partial charge in [-0.2, -0.15) is 0 Å². The monoisotopic (exact) mass is 226 g/mol. The Bertz CT molecular complexity index is 225. The van der Waals surface area contributed by atoms with E-state index in [4.69, 9.17) is 4.74 Å². The van der Waals surface area contributed by atoms with Crippen LogP contribution in [0, 0.1) is 10.8 Å². The first-order valence-corrected chi connectivity index (χ1v) is 6.52. The van der Waals surface area contributed by atoms with Crippen molar-refractivity contribution in [2.24, 2.45) is 10.8 Å². The van der Waals surface area contributed by atoms with Gasteiger partial charge in [0.1, 0.15) is 0 Å². The molecule has 0 aliphatic carbocycles. The van der Waals surface area contributed by atoms with E-state index in [2.05, 4.69) is 47.6 Å². The topological polar surface area (TPSA) is 9.23 Å². The summed E-state index contributed by atoms with van der Waals surface area (Å²) in [6.45, 7) is 18.3. The first-order chi connectivity index (χ1) is 7.21. The number of ether oxygens (including phenoxy) is 1. The van der Waals surface area contributed by atoms with Crippen LogP contribution in [0.5, 0.6) is 0 Å². The Morgan fingerprint density at radius 1 is 1.06 bits per heavy atom. The van der Waals surface area contributed by atoms with Crippen molar-refractivity contribution in [2.75, 3.05) is 6.61 Å². The Morgan fingerprint density at radius 3 is 1.81 bits per heavy atom. The molecule has 1 atom stereocenters. The maximum absolute atomic E-state index is 5.91. The van der Waals surface area contributed by atoms with Crippen LogP contribution in [0.15, 0.2) is 11.6 Å². The average molecular weight is 226 g/mol. The molecule has 0 saturated carbocycles. The Kier molecular flexibility index (Phi) is 5.75. The molecular formula is C15H30O. The van der Waals surface area contributed by atoms with Crippen LogP contribution in [-0.4, -0.2) is 12.7 Å². The summed E-state index contributed by atoms with van der Waals surface area (Å²) in [7, 11) is 0. The molecule has 1 nitrogen and oxygen atoms in total. The summed E-state index contributed by atoms with van der Waals surface area (Å²) in [5.41, 5.74) is 1.97. The van der Waals surface area contributed by atoms with E-state index < -0.39 is 0 Å². The fourth-order valence-corrected chi connectivity index (χ4v) is 1.69. The first-order valence-electron chi connectivity index (χ1n) is 6.52. The standard InChI is InChI=1S/C13H24O.C2H6/c1-12(2,3)10-7-8-11(14-9-10)13(4,5)6;1-2/h7,11H,8-9H2,1-6H3;1-2H3. The Morgan fingerprint density at radius 2 is 1.56 bits per heavy atom. The molecule has 1 aliphatic rings. The molecule has 1 rings (SSSR count). The van der Waals surface area contributed by atoms with E-state index in [9.17, 15) is 0 Å². The molecule has 0 amide bonds. The molecule has 0 radical (unpaired) electrons. The first kappa shape index (κ1) is 15.7. The molecule has 0 aromatic carbocycles. The lowest BCUT2D eigenvalue weighted by Crippen LogP contribution is -2.33. The van der Waals surface area contributed by atoms with Crippen molar-refractivity contribution in [1.29, 1.82) is 0 Å². The molecule has 1 heterocycles. The van der Waals surface area contributed by atoms with E-state index in [0.29, 0.717) is 6.10 Å². The van der Waals surface area contributed by atoms with E-state index in [1.54, 1.807) is 0 Å². The molecule has 0 fully saturated rings. The van der Waals surface area contributed by atoms with Gasteiger partial charge in [-0.15, -0.1) is 0 Å². The van der Waals surface area contributed by atoms with Gasteiger partial charge in [0.05, 0.1) is 12.7 Å². The minimum absolute atomic E-state index is 0.264. The van der Waals surface area contributed by atoms with Crippen LogP contribution in [0.4, 0.5) is 0 Å². The van der Waals surface area contributed by atoms with Crippen molar-refractivity contribution in [2.45, 2.75) is 67.9 Å². The highest BCUT2D eigenvalue weighted by molar-refractivity contribution is 5.14. The Balaban J connectivity index is 0.00000106. The van der Waals surface area contributed by atoms with E-state index in [-0.39, 0.29) is 10.8 Å².